The van der Waals surface area contributed by atoms with Gasteiger partial charge in [0, 0.05) is 24.5 Å². The molecule has 0 aliphatic heterocycles. The second kappa shape index (κ2) is 6.23. The Morgan fingerprint density at radius 1 is 1.10 bits per heavy atom. The Hall–Kier alpha value is -1.61. The van der Waals surface area contributed by atoms with E-state index in [0.717, 1.165) is 25.3 Å². The molecule has 3 heteroatoms. The predicted octanol–water partition coefficient (Wildman–Crippen LogP) is 3.38. The van der Waals surface area contributed by atoms with Crippen LogP contribution in [0.2, 0.25) is 0 Å². The van der Waals surface area contributed by atoms with E-state index in [4.69, 9.17) is 0 Å². The summed E-state index contributed by atoms with van der Waals surface area (Å²) in [4.78, 5) is 4.45. The van der Waals surface area contributed by atoms with Crippen molar-refractivity contribution in [3.8, 4) is 0 Å². The van der Waals surface area contributed by atoms with Gasteiger partial charge >= 0.3 is 0 Å². The average molecular weight is 271 g/mol. The van der Waals surface area contributed by atoms with Crippen LogP contribution in [0.5, 0.6) is 0 Å². The van der Waals surface area contributed by atoms with Gasteiger partial charge in [0.05, 0.1) is 6.54 Å². The largest absolute Gasteiger partial charge is 0.329 e. The maximum atomic E-state index is 4.45. The number of aromatic nitrogens is 2. The number of imidazole rings is 1. The van der Waals surface area contributed by atoms with E-state index in [9.17, 15) is 0 Å². The lowest BCUT2D eigenvalue weighted by Gasteiger charge is -2.20. The molecule has 0 radical (unpaired) electrons. The Balaban J connectivity index is 2.04. The Morgan fingerprint density at radius 3 is 2.35 bits per heavy atom. The number of aryl methyl sites for hydroxylation is 1. The molecule has 1 aromatic heterocycles. The summed E-state index contributed by atoms with van der Waals surface area (Å²) in [6.45, 7) is 10.4. The highest BCUT2D eigenvalue weighted by atomic mass is 15.1. The van der Waals surface area contributed by atoms with Gasteiger partial charge in [-0.05, 0) is 38.3 Å². The number of rotatable bonds is 5. The molecule has 0 aliphatic carbocycles. The highest BCUT2D eigenvalue weighted by molar-refractivity contribution is 5.23. The first-order chi connectivity index (χ1) is 9.48. The molecule has 1 N–H and O–H groups in total. The highest BCUT2D eigenvalue weighted by Gasteiger charge is 2.11. The molecule has 0 saturated carbocycles. The monoisotopic (exact) mass is 271 g/mol. The van der Waals surface area contributed by atoms with Gasteiger partial charge in [0.1, 0.15) is 5.82 Å². The summed E-state index contributed by atoms with van der Waals surface area (Å²) in [7, 11) is 0. The second-order valence-electron chi connectivity index (χ2n) is 6.24. The smallest absolute Gasteiger partial charge is 0.122 e. The van der Waals surface area contributed by atoms with Crippen LogP contribution >= 0.6 is 0 Å². The molecule has 0 fully saturated rings. The molecule has 2 rings (SSSR count). The molecule has 0 atom stereocenters. The van der Waals surface area contributed by atoms with Crippen LogP contribution in [0.1, 0.15) is 44.6 Å². The van der Waals surface area contributed by atoms with Crippen LogP contribution in [0.4, 0.5) is 0 Å². The molecule has 0 spiro atoms. The van der Waals surface area contributed by atoms with E-state index in [0.29, 0.717) is 0 Å². The molecule has 0 saturated heterocycles. The van der Waals surface area contributed by atoms with Gasteiger partial charge in [-0.1, -0.05) is 31.2 Å². The minimum Gasteiger partial charge on any atom is -0.329 e. The first kappa shape index (κ1) is 14.8. The van der Waals surface area contributed by atoms with Gasteiger partial charge in [-0.15, -0.1) is 0 Å². The molecule has 0 aliphatic rings. The Morgan fingerprint density at radius 2 is 1.75 bits per heavy atom. The molecule has 0 bridgehead atoms. The van der Waals surface area contributed by atoms with Gasteiger partial charge in [-0.3, -0.25) is 0 Å². The van der Waals surface area contributed by atoms with E-state index >= 15 is 0 Å². The van der Waals surface area contributed by atoms with Crippen molar-refractivity contribution in [3.05, 3.63) is 53.6 Å². The van der Waals surface area contributed by atoms with Crippen LogP contribution in [0.25, 0.3) is 0 Å². The zero-order valence-electron chi connectivity index (χ0n) is 13.0. The van der Waals surface area contributed by atoms with E-state index in [-0.39, 0.29) is 5.54 Å². The van der Waals surface area contributed by atoms with Gasteiger partial charge in [0.25, 0.3) is 0 Å². The molecular formula is C17H25N3. The fourth-order valence-corrected chi connectivity index (χ4v) is 2.07. The number of benzene rings is 1. The van der Waals surface area contributed by atoms with Gasteiger partial charge in [-0.2, -0.15) is 0 Å². The zero-order chi connectivity index (χ0) is 14.6. The SMILES string of the molecule is CCc1ccc(Cn2ccnc2CNC(C)(C)C)cc1. The minimum absolute atomic E-state index is 0.111. The number of nitrogens with zero attached hydrogens (tertiary/aromatic N) is 2. The summed E-state index contributed by atoms with van der Waals surface area (Å²) < 4.78 is 2.21. The number of hydrogen-bond acceptors (Lipinski definition) is 2. The summed E-state index contributed by atoms with van der Waals surface area (Å²) in [6, 6.07) is 8.83. The fourth-order valence-electron chi connectivity index (χ4n) is 2.07. The first-order valence-electron chi connectivity index (χ1n) is 7.31. The Kier molecular flexibility index (Phi) is 4.61. The van der Waals surface area contributed by atoms with Crippen molar-refractivity contribution < 1.29 is 0 Å². The second-order valence-corrected chi connectivity index (χ2v) is 6.24. The first-order valence-corrected chi connectivity index (χ1v) is 7.31. The third kappa shape index (κ3) is 4.20. The lowest BCUT2D eigenvalue weighted by Crippen LogP contribution is -2.36. The van der Waals surface area contributed by atoms with Crippen molar-refractivity contribution in [2.75, 3.05) is 0 Å². The molecule has 3 nitrogen and oxygen atoms in total. The Labute approximate surface area is 122 Å². The van der Waals surface area contributed by atoms with Crippen LogP contribution in [0.3, 0.4) is 0 Å². The summed E-state index contributed by atoms with van der Waals surface area (Å²) in [6.07, 6.45) is 5.01. The molecule has 108 valence electrons. The van der Waals surface area contributed by atoms with Crippen molar-refractivity contribution in [1.29, 1.82) is 0 Å². The maximum absolute atomic E-state index is 4.45. The normalized spacial score (nSPS) is 11.8. The third-order valence-corrected chi connectivity index (χ3v) is 3.36. The molecule has 0 amide bonds. The fraction of sp³-hybridized carbons (Fsp3) is 0.471. The lowest BCUT2D eigenvalue weighted by atomic mass is 10.1. The summed E-state index contributed by atoms with van der Waals surface area (Å²) in [5, 5.41) is 3.49. The maximum Gasteiger partial charge on any atom is 0.122 e. The molecule has 0 unspecified atom stereocenters. The molecule has 20 heavy (non-hydrogen) atoms. The standard InChI is InChI=1S/C17H25N3/c1-5-14-6-8-15(9-7-14)13-20-11-10-18-16(20)12-19-17(2,3)4/h6-11,19H,5,12-13H2,1-4H3. The van der Waals surface area contributed by atoms with E-state index in [1.54, 1.807) is 0 Å². The molecule has 1 aromatic carbocycles. The average Bonchev–Trinajstić information content (AvgIpc) is 2.84. The highest BCUT2D eigenvalue weighted by Crippen LogP contribution is 2.09. The summed E-state index contributed by atoms with van der Waals surface area (Å²) in [5.74, 6) is 1.08. The summed E-state index contributed by atoms with van der Waals surface area (Å²) >= 11 is 0. The van der Waals surface area contributed by atoms with Crippen LogP contribution < -0.4 is 5.32 Å². The number of hydrogen-bond donors (Lipinski definition) is 1. The zero-order valence-corrected chi connectivity index (χ0v) is 13.0. The molecule has 2 aromatic rings. The third-order valence-electron chi connectivity index (χ3n) is 3.36. The quantitative estimate of drug-likeness (QED) is 0.903. The van der Waals surface area contributed by atoms with E-state index in [2.05, 4.69) is 66.8 Å². The Bertz CT molecular complexity index is 532. The predicted molar refractivity (Wildman–Crippen MR) is 83.7 cm³/mol. The summed E-state index contributed by atoms with van der Waals surface area (Å²) in [5.41, 5.74) is 2.81. The van der Waals surface area contributed by atoms with Gasteiger partial charge in [0.15, 0.2) is 0 Å². The molecule has 1 heterocycles. The number of nitrogens with one attached hydrogen (secondary N) is 1. The van der Waals surface area contributed by atoms with E-state index in [1.807, 2.05) is 12.4 Å². The van der Waals surface area contributed by atoms with E-state index < -0.39 is 0 Å². The van der Waals surface area contributed by atoms with Crippen molar-refractivity contribution in [3.63, 3.8) is 0 Å². The topological polar surface area (TPSA) is 29.9 Å². The van der Waals surface area contributed by atoms with Gasteiger partial charge < -0.3 is 9.88 Å². The lowest BCUT2D eigenvalue weighted by molar-refractivity contribution is 0.413. The minimum atomic E-state index is 0.111. The van der Waals surface area contributed by atoms with Crippen molar-refractivity contribution in [1.82, 2.24) is 14.9 Å². The van der Waals surface area contributed by atoms with Gasteiger partial charge in [-0.25, -0.2) is 4.98 Å². The van der Waals surface area contributed by atoms with E-state index in [1.165, 1.54) is 11.1 Å². The van der Waals surface area contributed by atoms with Crippen LogP contribution in [-0.2, 0) is 19.5 Å². The van der Waals surface area contributed by atoms with Crippen molar-refractivity contribution in [2.24, 2.45) is 0 Å². The van der Waals surface area contributed by atoms with Gasteiger partial charge in [0.2, 0.25) is 0 Å². The van der Waals surface area contributed by atoms with Crippen LogP contribution in [-0.4, -0.2) is 15.1 Å². The molecular weight excluding hydrogens is 246 g/mol. The van der Waals surface area contributed by atoms with Crippen LogP contribution in [0.15, 0.2) is 36.7 Å². The van der Waals surface area contributed by atoms with Crippen molar-refractivity contribution >= 4 is 0 Å². The van der Waals surface area contributed by atoms with Crippen LogP contribution in [0, 0.1) is 0 Å². The van der Waals surface area contributed by atoms with Crippen molar-refractivity contribution in [2.45, 2.75) is 52.7 Å².